The lowest BCUT2D eigenvalue weighted by Gasteiger charge is -2.19. The van der Waals surface area contributed by atoms with Gasteiger partial charge in [0, 0.05) is 32.5 Å². The molecule has 0 radical (unpaired) electrons. The average molecular weight is 285 g/mol. The van der Waals surface area contributed by atoms with Crippen LogP contribution in [0.4, 0.5) is 5.95 Å². The predicted molar refractivity (Wildman–Crippen MR) is 64.2 cm³/mol. The van der Waals surface area contributed by atoms with Crippen LogP contribution in [0.3, 0.4) is 0 Å². The molecule has 0 aliphatic carbocycles. The Morgan fingerprint density at radius 3 is 2.69 bits per heavy atom. The molecule has 1 saturated heterocycles. The van der Waals surface area contributed by atoms with Crippen LogP contribution >= 0.6 is 15.9 Å². The Labute approximate surface area is 103 Å². The van der Waals surface area contributed by atoms with Crippen molar-refractivity contribution in [1.29, 1.82) is 0 Å². The first-order chi connectivity index (χ1) is 7.66. The number of aromatic nitrogens is 2. The second kappa shape index (κ2) is 4.78. The molecule has 6 heteroatoms. The smallest absolute Gasteiger partial charge is 0.241 e. The van der Waals surface area contributed by atoms with E-state index in [-0.39, 0.29) is 5.91 Å². The van der Waals surface area contributed by atoms with Gasteiger partial charge in [0.25, 0.3) is 0 Å². The molecule has 1 aliphatic rings. The minimum absolute atomic E-state index is 0.115. The highest BCUT2D eigenvalue weighted by Crippen LogP contribution is 2.13. The average Bonchev–Trinajstić information content (AvgIpc) is 2.43. The van der Waals surface area contributed by atoms with Crippen molar-refractivity contribution in [2.45, 2.75) is 6.42 Å². The number of amides is 1. The second-order valence-corrected chi connectivity index (χ2v) is 4.71. The molecule has 2 heterocycles. The summed E-state index contributed by atoms with van der Waals surface area (Å²) in [5.74, 6) is 0.732. The van der Waals surface area contributed by atoms with E-state index in [1.54, 1.807) is 17.3 Å². The first-order valence-electron chi connectivity index (χ1n) is 5.13. The minimum Gasteiger partial charge on any atom is -0.344 e. The predicted octanol–water partition coefficient (Wildman–Crippen LogP) is 0.908. The van der Waals surface area contributed by atoms with Crippen molar-refractivity contribution in [3.05, 3.63) is 16.9 Å². The standard InChI is InChI=1S/C10H13BrN4O/c1-14-3-2-4-15(7-9(14)16)10-12-5-8(11)6-13-10/h5-6H,2-4,7H2,1H3. The van der Waals surface area contributed by atoms with Crippen molar-refractivity contribution in [1.82, 2.24) is 14.9 Å². The molecule has 2 rings (SSSR count). The Hall–Kier alpha value is -1.17. The third-order valence-corrected chi connectivity index (χ3v) is 2.97. The molecule has 1 aromatic heterocycles. The number of carbonyl (C=O) groups is 1. The van der Waals surface area contributed by atoms with Crippen LogP contribution in [0.15, 0.2) is 16.9 Å². The molecule has 0 bridgehead atoms. The van der Waals surface area contributed by atoms with E-state index in [1.165, 1.54) is 0 Å². The fourth-order valence-electron chi connectivity index (χ4n) is 1.63. The summed E-state index contributed by atoms with van der Waals surface area (Å²) in [6.07, 6.45) is 4.34. The minimum atomic E-state index is 0.115. The summed E-state index contributed by atoms with van der Waals surface area (Å²) in [6.45, 7) is 1.97. The Morgan fingerprint density at radius 1 is 1.31 bits per heavy atom. The molecule has 16 heavy (non-hydrogen) atoms. The maximum absolute atomic E-state index is 11.7. The van der Waals surface area contributed by atoms with E-state index >= 15 is 0 Å². The highest BCUT2D eigenvalue weighted by atomic mass is 79.9. The van der Waals surface area contributed by atoms with Crippen LogP contribution in [0.25, 0.3) is 0 Å². The van der Waals surface area contributed by atoms with Gasteiger partial charge in [0.05, 0.1) is 11.0 Å². The van der Waals surface area contributed by atoms with Crippen molar-refractivity contribution in [2.24, 2.45) is 0 Å². The number of nitrogens with zero attached hydrogens (tertiary/aromatic N) is 4. The molecule has 86 valence electrons. The van der Waals surface area contributed by atoms with E-state index in [9.17, 15) is 4.79 Å². The lowest BCUT2D eigenvalue weighted by atomic mass is 10.4. The summed E-state index contributed by atoms with van der Waals surface area (Å²) in [5.41, 5.74) is 0. The largest absolute Gasteiger partial charge is 0.344 e. The number of hydrogen-bond acceptors (Lipinski definition) is 4. The molecular weight excluding hydrogens is 272 g/mol. The van der Waals surface area contributed by atoms with Crippen molar-refractivity contribution in [3.63, 3.8) is 0 Å². The Bertz CT molecular complexity index is 381. The SMILES string of the molecule is CN1CCCN(c2ncc(Br)cn2)CC1=O. The van der Waals surface area contributed by atoms with Crippen LogP contribution < -0.4 is 4.90 Å². The van der Waals surface area contributed by atoms with Crippen molar-refractivity contribution in [2.75, 3.05) is 31.6 Å². The molecule has 0 unspecified atom stereocenters. The molecular formula is C10H13BrN4O. The van der Waals surface area contributed by atoms with Gasteiger partial charge < -0.3 is 9.80 Å². The molecule has 1 fully saturated rings. The van der Waals surface area contributed by atoms with Crippen LogP contribution in [-0.4, -0.2) is 47.5 Å². The topological polar surface area (TPSA) is 49.3 Å². The van der Waals surface area contributed by atoms with Crippen LogP contribution in [-0.2, 0) is 4.79 Å². The monoisotopic (exact) mass is 284 g/mol. The maximum Gasteiger partial charge on any atom is 0.241 e. The number of halogens is 1. The summed E-state index contributed by atoms with van der Waals surface area (Å²) >= 11 is 3.29. The lowest BCUT2D eigenvalue weighted by Crippen LogP contribution is -2.35. The van der Waals surface area contributed by atoms with Gasteiger partial charge in [0.15, 0.2) is 0 Å². The van der Waals surface area contributed by atoms with Crippen LogP contribution in [0.1, 0.15) is 6.42 Å². The molecule has 0 atom stereocenters. The number of rotatable bonds is 1. The number of hydrogen-bond donors (Lipinski definition) is 0. The van der Waals surface area contributed by atoms with Gasteiger partial charge in [-0.2, -0.15) is 0 Å². The van der Waals surface area contributed by atoms with E-state index in [0.29, 0.717) is 12.5 Å². The van der Waals surface area contributed by atoms with Crippen molar-refractivity contribution in [3.8, 4) is 0 Å². The Balaban J connectivity index is 2.14. The van der Waals surface area contributed by atoms with E-state index in [2.05, 4.69) is 25.9 Å². The molecule has 0 spiro atoms. The summed E-state index contributed by atoms with van der Waals surface area (Å²) < 4.78 is 0.842. The molecule has 0 saturated carbocycles. The van der Waals surface area contributed by atoms with Crippen molar-refractivity contribution < 1.29 is 4.79 Å². The van der Waals surface area contributed by atoms with Crippen molar-refractivity contribution >= 4 is 27.8 Å². The van der Waals surface area contributed by atoms with Crippen LogP contribution in [0, 0.1) is 0 Å². The van der Waals surface area contributed by atoms with E-state index in [4.69, 9.17) is 0 Å². The quantitative estimate of drug-likeness (QED) is 0.769. The van der Waals surface area contributed by atoms with Gasteiger partial charge in [0.1, 0.15) is 0 Å². The van der Waals surface area contributed by atoms with Gasteiger partial charge in [-0.15, -0.1) is 0 Å². The first kappa shape index (κ1) is 11.3. The zero-order valence-corrected chi connectivity index (χ0v) is 10.6. The highest BCUT2D eigenvalue weighted by molar-refractivity contribution is 9.10. The fraction of sp³-hybridized carbons (Fsp3) is 0.500. The van der Waals surface area contributed by atoms with Crippen LogP contribution in [0.2, 0.25) is 0 Å². The van der Waals surface area contributed by atoms with Crippen LogP contribution in [0.5, 0.6) is 0 Å². The molecule has 0 aromatic carbocycles. The summed E-state index contributed by atoms with van der Waals surface area (Å²) in [4.78, 5) is 23.7. The Morgan fingerprint density at radius 2 is 2.00 bits per heavy atom. The summed E-state index contributed by atoms with van der Waals surface area (Å²) in [7, 11) is 1.83. The third kappa shape index (κ3) is 2.49. The van der Waals surface area contributed by atoms with E-state index in [0.717, 1.165) is 24.0 Å². The normalized spacial score (nSPS) is 17.5. The molecule has 1 amide bonds. The van der Waals surface area contributed by atoms with E-state index in [1.807, 2.05) is 11.9 Å². The number of anilines is 1. The summed E-state index contributed by atoms with van der Waals surface area (Å²) in [6, 6.07) is 0. The zero-order chi connectivity index (χ0) is 11.5. The molecule has 0 N–H and O–H groups in total. The van der Waals surface area contributed by atoms with Gasteiger partial charge in [-0.1, -0.05) is 0 Å². The van der Waals surface area contributed by atoms with Gasteiger partial charge in [-0.3, -0.25) is 4.79 Å². The van der Waals surface area contributed by atoms with Gasteiger partial charge in [0.2, 0.25) is 11.9 Å². The van der Waals surface area contributed by atoms with Gasteiger partial charge in [-0.05, 0) is 22.4 Å². The summed E-state index contributed by atoms with van der Waals surface area (Å²) in [5, 5.41) is 0. The zero-order valence-electron chi connectivity index (χ0n) is 9.06. The van der Waals surface area contributed by atoms with Gasteiger partial charge >= 0.3 is 0 Å². The first-order valence-corrected chi connectivity index (χ1v) is 5.92. The lowest BCUT2D eigenvalue weighted by molar-refractivity contribution is -0.127. The second-order valence-electron chi connectivity index (χ2n) is 3.79. The van der Waals surface area contributed by atoms with Gasteiger partial charge in [-0.25, -0.2) is 9.97 Å². The fourth-order valence-corrected chi connectivity index (χ4v) is 1.83. The Kier molecular flexibility index (Phi) is 3.38. The highest BCUT2D eigenvalue weighted by Gasteiger charge is 2.20. The maximum atomic E-state index is 11.7. The molecule has 1 aromatic rings. The number of likely N-dealkylation sites (N-methyl/N-ethyl adjacent to an activating group) is 1. The number of carbonyl (C=O) groups excluding carboxylic acids is 1. The van der Waals surface area contributed by atoms with E-state index < -0.39 is 0 Å². The molecule has 5 nitrogen and oxygen atoms in total. The molecule has 1 aliphatic heterocycles. The third-order valence-electron chi connectivity index (χ3n) is 2.56.